The summed E-state index contributed by atoms with van der Waals surface area (Å²) in [6.07, 6.45) is 1.51. The van der Waals surface area contributed by atoms with Crippen LogP contribution in [0.3, 0.4) is 0 Å². The topological polar surface area (TPSA) is 68.3 Å². The van der Waals surface area contributed by atoms with Crippen LogP contribution in [0.4, 0.5) is 0 Å². The van der Waals surface area contributed by atoms with E-state index in [0.29, 0.717) is 36.0 Å². The van der Waals surface area contributed by atoms with E-state index >= 15 is 0 Å². The lowest BCUT2D eigenvalue weighted by Crippen LogP contribution is -2.50. The average molecular weight is 523 g/mol. The Morgan fingerprint density at radius 1 is 1.03 bits per heavy atom. The van der Waals surface area contributed by atoms with E-state index in [9.17, 15) is 9.59 Å². The van der Waals surface area contributed by atoms with Crippen LogP contribution in [0.2, 0.25) is 0 Å². The highest BCUT2D eigenvalue weighted by atomic mass is 32.1. The van der Waals surface area contributed by atoms with E-state index in [1.54, 1.807) is 48.7 Å². The summed E-state index contributed by atoms with van der Waals surface area (Å²) in [6, 6.07) is 16.3. The lowest BCUT2D eigenvalue weighted by molar-refractivity contribution is -0.136. The van der Waals surface area contributed by atoms with Gasteiger partial charge >= 0.3 is 0 Å². The molecule has 2 aromatic carbocycles. The number of methoxy groups -OCH3 is 2. The first-order valence-corrected chi connectivity index (χ1v) is 13.4. The average Bonchev–Trinajstić information content (AvgIpc) is 3.43. The monoisotopic (exact) mass is 522 g/mol. The molecule has 2 amide bonds. The number of amides is 2. The third-order valence-corrected chi connectivity index (χ3v) is 7.90. The number of carbonyl (C=O) groups excluding carboxylic acids is 2. The van der Waals surface area contributed by atoms with E-state index < -0.39 is 0 Å². The van der Waals surface area contributed by atoms with E-state index in [0.717, 1.165) is 18.4 Å². The number of thiophene rings is 1. The fourth-order valence-electron chi connectivity index (χ4n) is 4.64. The third kappa shape index (κ3) is 5.74. The first-order valence-electron chi connectivity index (χ1n) is 12.5. The van der Waals surface area contributed by atoms with Crippen LogP contribution in [-0.4, -0.2) is 61.6 Å². The molecule has 1 aromatic heterocycles. The van der Waals surface area contributed by atoms with Crippen molar-refractivity contribution in [2.45, 2.75) is 38.8 Å². The van der Waals surface area contributed by atoms with Gasteiger partial charge in [-0.1, -0.05) is 31.2 Å². The molecule has 7 nitrogen and oxygen atoms in total. The Morgan fingerprint density at radius 2 is 1.70 bits per heavy atom. The minimum absolute atomic E-state index is 0.0173. The maximum Gasteiger partial charge on any atom is 0.258 e. The molecule has 37 heavy (non-hydrogen) atoms. The number of carbonyl (C=O) groups is 2. The molecule has 0 saturated carbocycles. The zero-order valence-electron chi connectivity index (χ0n) is 21.8. The molecule has 0 unspecified atom stereocenters. The van der Waals surface area contributed by atoms with E-state index in [-0.39, 0.29) is 30.4 Å². The molecule has 0 aliphatic carbocycles. The largest absolute Gasteiger partial charge is 0.496 e. The molecule has 0 fully saturated rings. The maximum atomic E-state index is 13.8. The van der Waals surface area contributed by atoms with Gasteiger partial charge in [-0.15, -0.1) is 11.3 Å². The van der Waals surface area contributed by atoms with Gasteiger partial charge in [0.15, 0.2) is 11.5 Å². The predicted molar refractivity (Wildman–Crippen MR) is 145 cm³/mol. The fraction of sp³-hybridized carbons (Fsp3) is 0.379. The minimum Gasteiger partial charge on any atom is -0.496 e. The molecule has 1 aliphatic heterocycles. The first-order chi connectivity index (χ1) is 18.0. The number of fused-ring (bicyclic) bond motifs is 1. The summed E-state index contributed by atoms with van der Waals surface area (Å²) in [5.74, 6) is 1.46. The zero-order valence-corrected chi connectivity index (χ0v) is 22.6. The van der Waals surface area contributed by atoms with Crippen molar-refractivity contribution in [2.24, 2.45) is 0 Å². The van der Waals surface area contributed by atoms with Crippen LogP contribution in [-0.2, 0) is 11.2 Å². The van der Waals surface area contributed by atoms with Crippen molar-refractivity contribution in [3.8, 4) is 17.2 Å². The van der Waals surface area contributed by atoms with Crippen molar-refractivity contribution in [3.05, 3.63) is 76.0 Å². The van der Waals surface area contributed by atoms with Gasteiger partial charge in [0.05, 0.1) is 25.8 Å². The van der Waals surface area contributed by atoms with Gasteiger partial charge in [-0.05, 0) is 61.0 Å². The van der Waals surface area contributed by atoms with Crippen LogP contribution in [0.1, 0.15) is 47.1 Å². The molecule has 0 saturated heterocycles. The maximum absolute atomic E-state index is 13.8. The zero-order chi connectivity index (χ0) is 26.4. The van der Waals surface area contributed by atoms with Gasteiger partial charge in [0.1, 0.15) is 18.9 Å². The Bertz CT molecular complexity index is 1230. The quantitative estimate of drug-likeness (QED) is 0.366. The predicted octanol–water partition coefficient (Wildman–Crippen LogP) is 5.21. The number of ether oxygens (including phenoxy) is 3. The number of para-hydroxylation sites is 3. The van der Waals surface area contributed by atoms with E-state index in [2.05, 4.69) is 11.4 Å². The Kier molecular flexibility index (Phi) is 8.71. The number of rotatable bonds is 10. The van der Waals surface area contributed by atoms with E-state index in [4.69, 9.17) is 14.2 Å². The normalized spacial score (nSPS) is 15.5. The second kappa shape index (κ2) is 12.1. The van der Waals surface area contributed by atoms with Gasteiger partial charge < -0.3 is 24.0 Å². The molecule has 4 rings (SSSR count). The Hall–Kier alpha value is -3.52. The van der Waals surface area contributed by atoms with Gasteiger partial charge in [0, 0.05) is 17.5 Å². The van der Waals surface area contributed by atoms with Gasteiger partial charge in [-0.3, -0.25) is 9.59 Å². The van der Waals surface area contributed by atoms with Gasteiger partial charge in [0.2, 0.25) is 5.91 Å². The van der Waals surface area contributed by atoms with Crippen LogP contribution in [0.25, 0.3) is 0 Å². The number of hydrogen-bond donors (Lipinski definition) is 0. The molecule has 8 heteroatoms. The molecule has 0 bridgehead atoms. The second-order valence-electron chi connectivity index (χ2n) is 9.00. The van der Waals surface area contributed by atoms with E-state index in [1.807, 2.05) is 49.1 Å². The SMILES string of the molecule is CC[C@@H](C)N(CC(=O)N1CCc2sccc2[C@@H]1COc1ccccc1OC)C(=O)c1ccccc1OC. The third-order valence-electron chi connectivity index (χ3n) is 6.91. The molecule has 0 radical (unpaired) electrons. The van der Waals surface area contributed by atoms with Crippen LogP contribution in [0.5, 0.6) is 17.2 Å². The molecular weight excluding hydrogens is 488 g/mol. The van der Waals surface area contributed by atoms with Crippen molar-refractivity contribution in [2.75, 3.05) is 33.9 Å². The molecule has 3 aromatic rings. The highest BCUT2D eigenvalue weighted by molar-refractivity contribution is 7.10. The highest BCUT2D eigenvalue weighted by Crippen LogP contribution is 2.35. The number of nitrogens with zero attached hydrogens (tertiary/aromatic N) is 2. The van der Waals surface area contributed by atoms with Crippen molar-refractivity contribution in [1.82, 2.24) is 9.80 Å². The number of benzene rings is 2. The molecule has 1 aliphatic rings. The Labute approximate surface area is 222 Å². The first kappa shape index (κ1) is 26.5. The summed E-state index contributed by atoms with van der Waals surface area (Å²) >= 11 is 1.70. The Balaban J connectivity index is 1.58. The standard InChI is InChI=1S/C29H34N2O5S/c1-5-20(2)31(29(33)22-10-6-7-11-24(22)34-3)18-28(32)30-16-14-27-21(15-17-37-27)23(30)19-36-26-13-9-8-12-25(26)35-4/h6-13,15,17,20,23H,5,14,16,18-19H2,1-4H3/t20-,23+/m1/s1. The minimum atomic E-state index is -0.257. The highest BCUT2D eigenvalue weighted by Gasteiger charge is 2.35. The van der Waals surface area contributed by atoms with Gasteiger partial charge in [0.25, 0.3) is 5.91 Å². The summed E-state index contributed by atoms with van der Waals surface area (Å²) < 4.78 is 17.0. The molecule has 0 N–H and O–H groups in total. The van der Waals surface area contributed by atoms with Crippen LogP contribution in [0.15, 0.2) is 60.0 Å². The van der Waals surface area contributed by atoms with E-state index in [1.165, 1.54) is 4.88 Å². The second-order valence-corrected chi connectivity index (χ2v) is 10.0. The van der Waals surface area contributed by atoms with Crippen molar-refractivity contribution in [1.29, 1.82) is 0 Å². The summed E-state index contributed by atoms with van der Waals surface area (Å²) in [5, 5.41) is 2.06. The number of hydrogen-bond acceptors (Lipinski definition) is 6. The Morgan fingerprint density at radius 3 is 2.41 bits per heavy atom. The molecular formula is C29H34N2O5S. The van der Waals surface area contributed by atoms with Gasteiger partial charge in [-0.25, -0.2) is 0 Å². The van der Waals surface area contributed by atoms with Gasteiger partial charge in [-0.2, -0.15) is 0 Å². The molecule has 2 atom stereocenters. The van der Waals surface area contributed by atoms with Crippen molar-refractivity contribution < 1.29 is 23.8 Å². The lowest BCUT2D eigenvalue weighted by Gasteiger charge is -2.38. The van der Waals surface area contributed by atoms with Crippen LogP contribution < -0.4 is 14.2 Å². The summed E-state index contributed by atoms with van der Waals surface area (Å²) in [5.41, 5.74) is 1.55. The van der Waals surface area contributed by atoms with Crippen molar-refractivity contribution in [3.63, 3.8) is 0 Å². The summed E-state index contributed by atoms with van der Waals surface area (Å²) in [4.78, 5) is 32.2. The smallest absolute Gasteiger partial charge is 0.258 e. The van der Waals surface area contributed by atoms with Crippen LogP contribution >= 0.6 is 11.3 Å². The molecule has 196 valence electrons. The molecule has 2 heterocycles. The molecule has 0 spiro atoms. The lowest BCUT2D eigenvalue weighted by atomic mass is 10.00. The summed E-state index contributed by atoms with van der Waals surface area (Å²) in [7, 11) is 3.15. The fourth-order valence-corrected chi connectivity index (χ4v) is 5.57. The van der Waals surface area contributed by atoms with Crippen molar-refractivity contribution >= 4 is 23.2 Å². The van der Waals surface area contributed by atoms with Crippen LogP contribution in [0, 0.1) is 0 Å². The summed E-state index contributed by atoms with van der Waals surface area (Å²) in [6.45, 7) is 4.83.